The van der Waals surface area contributed by atoms with Crippen molar-refractivity contribution in [2.45, 2.75) is 25.3 Å². The zero-order chi connectivity index (χ0) is 17.2. The molecule has 1 N–H and O–H groups in total. The van der Waals surface area contributed by atoms with Crippen molar-refractivity contribution in [3.63, 3.8) is 0 Å². The summed E-state index contributed by atoms with van der Waals surface area (Å²) in [4.78, 5) is 4.78. The van der Waals surface area contributed by atoms with Gasteiger partial charge in [-0.15, -0.1) is 11.3 Å². The van der Waals surface area contributed by atoms with Gasteiger partial charge in [0.1, 0.15) is 5.01 Å². The molecule has 4 nitrogen and oxygen atoms in total. The summed E-state index contributed by atoms with van der Waals surface area (Å²) >= 11 is 1.51. The van der Waals surface area contributed by atoms with Crippen molar-refractivity contribution in [2.24, 2.45) is 0 Å². The molecule has 0 unspecified atom stereocenters. The van der Waals surface area contributed by atoms with E-state index in [9.17, 15) is 8.42 Å². The molecule has 0 aliphatic rings. The van der Waals surface area contributed by atoms with Crippen molar-refractivity contribution in [3.8, 4) is 10.6 Å². The number of hydrogen-bond donors (Lipinski definition) is 1. The van der Waals surface area contributed by atoms with Gasteiger partial charge in [-0.2, -0.15) is 0 Å². The van der Waals surface area contributed by atoms with Gasteiger partial charge in [0, 0.05) is 10.9 Å². The van der Waals surface area contributed by atoms with Gasteiger partial charge in [-0.25, -0.2) is 18.1 Å². The molecule has 3 rings (SSSR count). The van der Waals surface area contributed by atoms with E-state index >= 15 is 0 Å². The Balaban J connectivity index is 1.73. The Morgan fingerprint density at radius 3 is 2.50 bits per heavy atom. The van der Waals surface area contributed by atoms with E-state index in [0.29, 0.717) is 5.69 Å². The molecule has 0 atom stereocenters. The summed E-state index contributed by atoms with van der Waals surface area (Å²) < 4.78 is 27.4. The van der Waals surface area contributed by atoms with Crippen LogP contribution in [0.15, 0.2) is 58.8 Å². The third-order valence-corrected chi connectivity index (χ3v) is 6.14. The second-order valence-electron chi connectivity index (χ2n) is 5.58. The van der Waals surface area contributed by atoms with Crippen LogP contribution in [0.2, 0.25) is 0 Å². The minimum absolute atomic E-state index is 0.179. The normalized spacial score (nSPS) is 11.6. The molecule has 0 saturated carbocycles. The van der Waals surface area contributed by atoms with Crippen molar-refractivity contribution in [3.05, 3.63) is 70.7 Å². The SMILES string of the molecule is Cc1ccc(S(=O)(=O)NCc2csc(-c3ccccc3)n2)cc1C. The molecule has 124 valence electrons. The molecular weight excluding hydrogens is 340 g/mol. The summed E-state index contributed by atoms with van der Waals surface area (Å²) in [5, 5.41) is 2.77. The number of nitrogens with one attached hydrogen (secondary N) is 1. The lowest BCUT2D eigenvalue weighted by Gasteiger charge is -2.07. The number of aromatic nitrogens is 1. The topological polar surface area (TPSA) is 59.1 Å². The van der Waals surface area contributed by atoms with Gasteiger partial charge in [0.15, 0.2) is 0 Å². The van der Waals surface area contributed by atoms with E-state index in [-0.39, 0.29) is 11.4 Å². The Bertz CT molecular complexity index is 948. The number of benzene rings is 2. The van der Waals surface area contributed by atoms with Gasteiger partial charge in [0.05, 0.1) is 17.1 Å². The fraction of sp³-hybridized carbons (Fsp3) is 0.167. The number of thiazole rings is 1. The smallest absolute Gasteiger partial charge is 0.240 e. The Labute approximate surface area is 146 Å². The van der Waals surface area contributed by atoms with Gasteiger partial charge >= 0.3 is 0 Å². The van der Waals surface area contributed by atoms with E-state index in [0.717, 1.165) is 21.7 Å². The number of aryl methyl sites for hydroxylation is 2. The molecule has 3 aromatic rings. The first-order valence-corrected chi connectivity index (χ1v) is 9.89. The van der Waals surface area contributed by atoms with Crippen LogP contribution in [0.1, 0.15) is 16.8 Å². The lowest BCUT2D eigenvalue weighted by molar-refractivity contribution is 0.580. The summed E-state index contributed by atoms with van der Waals surface area (Å²) in [5.74, 6) is 0. The highest BCUT2D eigenvalue weighted by Crippen LogP contribution is 2.23. The van der Waals surface area contributed by atoms with Crippen LogP contribution in [0.25, 0.3) is 10.6 Å². The monoisotopic (exact) mass is 358 g/mol. The van der Waals surface area contributed by atoms with Gasteiger partial charge in [0.2, 0.25) is 10.0 Å². The molecule has 0 bridgehead atoms. The molecule has 24 heavy (non-hydrogen) atoms. The van der Waals surface area contributed by atoms with Crippen LogP contribution >= 0.6 is 11.3 Å². The summed E-state index contributed by atoms with van der Waals surface area (Å²) in [5.41, 5.74) is 3.77. The fourth-order valence-corrected chi connectivity index (χ4v) is 4.14. The van der Waals surface area contributed by atoms with E-state index in [2.05, 4.69) is 9.71 Å². The van der Waals surface area contributed by atoms with Crippen LogP contribution in [-0.4, -0.2) is 13.4 Å². The van der Waals surface area contributed by atoms with Crippen LogP contribution < -0.4 is 4.72 Å². The lowest BCUT2D eigenvalue weighted by Crippen LogP contribution is -2.23. The number of rotatable bonds is 5. The van der Waals surface area contributed by atoms with E-state index in [4.69, 9.17) is 0 Å². The van der Waals surface area contributed by atoms with Crippen LogP contribution in [0.5, 0.6) is 0 Å². The van der Waals surface area contributed by atoms with E-state index in [1.54, 1.807) is 12.1 Å². The zero-order valence-electron chi connectivity index (χ0n) is 13.5. The number of hydrogen-bond acceptors (Lipinski definition) is 4. The third-order valence-electron chi connectivity index (χ3n) is 3.80. The predicted octanol–water partition coefficient (Wildman–Crippen LogP) is 3.91. The Kier molecular flexibility index (Phi) is 4.80. The first kappa shape index (κ1) is 16.8. The van der Waals surface area contributed by atoms with Gasteiger partial charge in [0.25, 0.3) is 0 Å². The van der Waals surface area contributed by atoms with Crippen LogP contribution in [-0.2, 0) is 16.6 Å². The van der Waals surface area contributed by atoms with Gasteiger partial charge in [-0.1, -0.05) is 36.4 Å². The largest absolute Gasteiger partial charge is 0.240 e. The Morgan fingerprint density at radius 1 is 1.04 bits per heavy atom. The highest BCUT2D eigenvalue weighted by Gasteiger charge is 2.15. The van der Waals surface area contributed by atoms with Crippen molar-refractivity contribution < 1.29 is 8.42 Å². The Morgan fingerprint density at radius 2 is 1.79 bits per heavy atom. The maximum absolute atomic E-state index is 12.4. The summed E-state index contributed by atoms with van der Waals surface area (Å²) in [7, 11) is -3.54. The third kappa shape index (κ3) is 3.72. The van der Waals surface area contributed by atoms with Crippen molar-refractivity contribution in [2.75, 3.05) is 0 Å². The fourth-order valence-electron chi connectivity index (χ4n) is 2.23. The quantitative estimate of drug-likeness (QED) is 0.752. The molecule has 0 fully saturated rings. The predicted molar refractivity (Wildman–Crippen MR) is 97.5 cm³/mol. The number of sulfonamides is 1. The molecule has 0 radical (unpaired) electrons. The highest BCUT2D eigenvalue weighted by molar-refractivity contribution is 7.89. The van der Waals surface area contributed by atoms with Crippen LogP contribution in [0.4, 0.5) is 0 Å². The molecule has 6 heteroatoms. The van der Waals surface area contributed by atoms with Crippen LogP contribution in [0, 0.1) is 13.8 Å². The average Bonchev–Trinajstić information content (AvgIpc) is 3.05. The van der Waals surface area contributed by atoms with Crippen molar-refractivity contribution in [1.29, 1.82) is 0 Å². The van der Waals surface area contributed by atoms with Gasteiger partial charge < -0.3 is 0 Å². The molecule has 1 heterocycles. The minimum atomic E-state index is -3.54. The first-order valence-electron chi connectivity index (χ1n) is 7.52. The van der Waals surface area contributed by atoms with Crippen molar-refractivity contribution >= 4 is 21.4 Å². The second kappa shape index (κ2) is 6.84. The molecule has 1 aromatic heterocycles. The maximum Gasteiger partial charge on any atom is 0.240 e. The summed E-state index contributed by atoms with van der Waals surface area (Å²) in [6.07, 6.45) is 0. The molecule has 0 aliphatic heterocycles. The molecular formula is C18H18N2O2S2. The van der Waals surface area contributed by atoms with Crippen molar-refractivity contribution in [1.82, 2.24) is 9.71 Å². The standard InChI is InChI=1S/C18H18N2O2S2/c1-13-8-9-17(10-14(13)2)24(21,22)19-11-16-12-23-18(20-16)15-6-4-3-5-7-15/h3-10,12,19H,11H2,1-2H3. The lowest BCUT2D eigenvalue weighted by atomic mass is 10.1. The molecule has 2 aromatic carbocycles. The maximum atomic E-state index is 12.4. The first-order chi connectivity index (χ1) is 11.5. The second-order valence-corrected chi connectivity index (χ2v) is 8.21. The Hall–Kier alpha value is -2.02. The molecule has 0 saturated heterocycles. The molecule has 0 aliphatic carbocycles. The van der Waals surface area contributed by atoms with Gasteiger partial charge in [-0.05, 0) is 37.1 Å². The molecule has 0 amide bonds. The summed E-state index contributed by atoms with van der Waals surface area (Å²) in [6, 6.07) is 15.0. The van der Waals surface area contributed by atoms with E-state index in [1.807, 2.05) is 55.6 Å². The number of nitrogens with zero attached hydrogens (tertiary/aromatic N) is 1. The van der Waals surface area contributed by atoms with Gasteiger partial charge in [-0.3, -0.25) is 0 Å². The van der Waals surface area contributed by atoms with E-state index in [1.165, 1.54) is 11.3 Å². The average molecular weight is 358 g/mol. The summed E-state index contributed by atoms with van der Waals surface area (Å²) in [6.45, 7) is 4.04. The van der Waals surface area contributed by atoms with Crippen LogP contribution in [0.3, 0.4) is 0 Å². The minimum Gasteiger partial charge on any atom is -0.240 e. The molecule has 0 spiro atoms. The highest BCUT2D eigenvalue weighted by atomic mass is 32.2. The zero-order valence-corrected chi connectivity index (χ0v) is 15.1. The van der Waals surface area contributed by atoms with E-state index < -0.39 is 10.0 Å².